The summed E-state index contributed by atoms with van der Waals surface area (Å²) >= 11 is 0. The van der Waals surface area contributed by atoms with Crippen LogP contribution in [0.15, 0.2) is 18.2 Å². The molecule has 0 fully saturated rings. The molecular weight excluding hydrogens is 256 g/mol. The second-order valence-corrected chi connectivity index (χ2v) is 5.83. The van der Waals surface area contributed by atoms with E-state index < -0.39 is 10.1 Å². The Hall–Kier alpha value is -1.63. The third kappa shape index (κ3) is 5.13. The zero-order chi connectivity index (χ0) is 13.8. The quantitative estimate of drug-likeness (QED) is 0.801. The summed E-state index contributed by atoms with van der Waals surface area (Å²) in [7, 11) is -3.64. The predicted octanol–water partition coefficient (Wildman–Crippen LogP) is 0.806. The van der Waals surface area contributed by atoms with Gasteiger partial charge in [-0.1, -0.05) is 19.9 Å². The van der Waals surface area contributed by atoms with Crippen LogP contribution in [0.5, 0.6) is 5.88 Å². The lowest BCUT2D eigenvalue weighted by Gasteiger charge is -2.08. The normalized spacial score (nSPS) is 11.3. The van der Waals surface area contributed by atoms with Crippen LogP contribution in [0.2, 0.25) is 0 Å². The molecule has 0 atom stereocenters. The number of pyridine rings is 1. The van der Waals surface area contributed by atoms with Crippen molar-refractivity contribution in [3.05, 3.63) is 23.9 Å². The van der Waals surface area contributed by atoms with Crippen molar-refractivity contribution in [1.29, 1.82) is 0 Å². The van der Waals surface area contributed by atoms with Crippen LogP contribution in [0.1, 0.15) is 24.3 Å². The monoisotopic (exact) mass is 272 g/mol. The van der Waals surface area contributed by atoms with Crippen molar-refractivity contribution < 1.29 is 17.4 Å². The molecule has 1 rings (SSSR count). The number of hydrogen-bond acceptors (Lipinski definition) is 5. The maximum atomic E-state index is 11.7. The number of carbonyl (C=O) groups is 1. The number of aromatic nitrogens is 1. The van der Waals surface area contributed by atoms with Crippen molar-refractivity contribution in [2.24, 2.45) is 5.92 Å². The maximum Gasteiger partial charge on any atom is 0.307 e. The fourth-order valence-electron chi connectivity index (χ4n) is 1.13. The first kappa shape index (κ1) is 14.4. The third-order valence-corrected chi connectivity index (χ3v) is 2.34. The van der Waals surface area contributed by atoms with Gasteiger partial charge >= 0.3 is 10.1 Å². The van der Waals surface area contributed by atoms with Gasteiger partial charge in [0.2, 0.25) is 5.88 Å². The molecule has 1 N–H and O–H groups in total. The largest absolute Gasteiger partial charge is 0.362 e. The first-order valence-corrected chi connectivity index (χ1v) is 7.24. The van der Waals surface area contributed by atoms with E-state index in [9.17, 15) is 13.2 Å². The number of nitrogens with one attached hydrogen (secondary N) is 1. The van der Waals surface area contributed by atoms with Crippen LogP contribution in [0.3, 0.4) is 0 Å². The Morgan fingerprint density at radius 3 is 2.67 bits per heavy atom. The summed E-state index contributed by atoms with van der Waals surface area (Å²) in [4.78, 5) is 15.5. The minimum Gasteiger partial charge on any atom is -0.362 e. The van der Waals surface area contributed by atoms with Gasteiger partial charge in [-0.05, 0) is 12.0 Å². The molecule has 100 valence electrons. The Bertz CT molecular complexity index is 526. The topological polar surface area (TPSA) is 85.4 Å². The minimum atomic E-state index is -3.64. The average molecular weight is 272 g/mol. The van der Waals surface area contributed by atoms with Crippen molar-refractivity contribution in [3.63, 3.8) is 0 Å². The van der Waals surface area contributed by atoms with Gasteiger partial charge in [-0.3, -0.25) is 4.79 Å². The molecule has 0 saturated carbocycles. The van der Waals surface area contributed by atoms with Crippen LogP contribution in [-0.4, -0.2) is 32.1 Å². The molecule has 1 aromatic heterocycles. The van der Waals surface area contributed by atoms with Crippen LogP contribution in [0, 0.1) is 5.92 Å². The summed E-state index contributed by atoms with van der Waals surface area (Å²) in [5, 5.41) is 2.68. The van der Waals surface area contributed by atoms with E-state index >= 15 is 0 Å². The summed E-state index contributed by atoms with van der Waals surface area (Å²) in [5.74, 6) is -0.151. The number of carbonyl (C=O) groups excluding carboxylic acids is 1. The van der Waals surface area contributed by atoms with Gasteiger partial charge < -0.3 is 9.50 Å². The minimum absolute atomic E-state index is 0.116. The van der Waals surface area contributed by atoms with Gasteiger partial charge in [0.25, 0.3) is 5.91 Å². The van der Waals surface area contributed by atoms with Crippen molar-refractivity contribution in [3.8, 4) is 5.88 Å². The van der Waals surface area contributed by atoms with Crippen molar-refractivity contribution in [2.45, 2.75) is 13.8 Å². The Kier molecular flexibility index (Phi) is 4.66. The molecule has 0 unspecified atom stereocenters. The number of amides is 1. The summed E-state index contributed by atoms with van der Waals surface area (Å²) in [6.07, 6.45) is 0.917. The van der Waals surface area contributed by atoms with Gasteiger partial charge in [0, 0.05) is 12.6 Å². The van der Waals surface area contributed by atoms with Crippen molar-refractivity contribution in [2.75, 3.05) is 12.8 Å². The van der Waals surface area contributed by atoms with Crippen molar-refractivity contribution in [1.82, 2.24) is 10.3 Å². The van der Waals surface area contributed by atoms with E-state index in [1.54, 1.807) is 0 Å². The molecule has 0 saturated heterocycles. The molecule has 0 aliphatic heterocycles. The van der Waals surface area contributed by atoms with Crippen LogP contribution < -0.4 is 9.50 Å². The molecule has 0 spiro atoms. The standard InChI is InChI=1S/C11H16N2O4S/c1-8(2)7-12-11(14)9-5-4-6-10(13-9)17-18(3,15)16/h4-6,8H,7H2,1-3H3,(H,12,14). The SMILES string of the molecule is CC(C)CNC(=O)c1cccc(OS(C)(=O)=O)n1. The Morgan fingerprint density at radius 2 is 2.11 bits per heavy atom. The van der Waals surface area contributed by atoms with Gasteiger partial charge in [-0.2, -0.15) is 8.42 Å². The molecule has 0 aromatic carbocycles. The van der Waals surface area contributed by atoms with E-state index in [-0.39, 0.29) is 17.5 Å². The first-order chi connectivity index (χ1) is 8.28. The molecule has 6 nitrogen and oxygen atoms in total. The fourth-order valence-corrected chi connectivity index (χ4v) is 1.53. The molecule has 0 aliphatic rings. The van der Waals surface area contributed by atoms with Crippen molar-refractivity contribution >= 4 is 16.0 Å². The highest BCUT2D eigenvalue weighted by Gasteiger charge is 2.11. The van der Waals surface area contributed by atoms with E-state index in [0.717, 1.165) is 6.26 Å². The second kappa shape index (κ2) is 5.81. The number of rotatable bonds is 5. The Morgan fingerprint density at radius 1 is 1.44 bits per heavy atom. The summed E-state index contributed by atoms with van der Waals surface area (Å²) in [5.41, 5.74) is 0.122. The smallest absolute Gasteiger partial charge is 0.307 e. The zero-order valence-electron chi connectivity index (χ0n) is 10.5. The van der Waals surface area contributed by atoms with E-state index in [4.69, 9.17) is 0 Å². The van der Waals surface area contributed by atoms with Crippen LogP contribution in [0.25, 0.3) is 0 Å². The third-order valence-electron chi connectivity index (χ3n) is 1.86. The molecule has 0 aliphatic carbocycles. The molecule has 1 aromatic rings. The van der Waals surface area contributed by atoms with Gasteiger partial charge in [0.1, 0.15) is 5.69 Å². The maximum absolute atomic E-state index is 11.7. The molecular formula is C11H16N2O4S. The summed E-state index contributed by atoms with van der Waals surface area (Å²) in [6, 6.07) is 4.38. The summed E-state index contributed by atoms with van der Waals surface area (Å²) < 4.78 is 26.5. The highest BCUT2D eigenvalue weighted by molar-refractivity contribution is 7.86. The van der Waals surface area contributed by atoms with Gasteiger partial charge in [-0.15, -0.1) is 0 Å². The molecule has 18 heavy (non-hydrogen) atoms. The molecule has 0 radical (unpaired) electrons. The lowest BCUT2D eigenvalue weighted by Crippen LogP contribution is -2.28. The van der Waals surface area contributed by atoms with Gasteiger partial charge in [0.05, 0.1) is 6.26 Å². The molecule has 0 bridgehead atoms. The molecule has 1 heterocycles. The van der Waals surface area contributed by atoms with Crippen LogP contribution in [0.4, 0.5) is 0 Å². The highest BCUT2D eigenvalue weighted by Crippen LogP contribution is 2.09. The average Bonchev–Trinajstić information content (AvgIpc) is 2.23. The van der Waals surface area contributed by atoms with Gasteiger partial charge in [-0.25, -0.2) is 4.98 Å². The van der Waals surface area contributed by atoms with E-state index in [1.807, 2.05) is 13.8 Å². The Labute approximate surface area is 107 Å². The number of hydrogen-bond donors (Lipinski definition) is 1. The molecule has 7 heteroatoms. The van der Waals surface area contributed by atoms with Gasteiger partial charge in [0.15, 0.2) is 0 Å². The first-order valence-electron chi connectivity index (χ1n) is 5.42. The highest BCUT2D eigenvalue weighted by atomic mass is 32.2. The lowest BCUT2D eigenvalue weighted by molar-refractivity contribution is 0.0943. The zero-order valence-corrected chi connectivity index (χ0v) is 11.3. The van der Waals surface area contributed by atoms with E-state index in [2.05, 4.69) is 14.5 Å². The lowest BCUT2D eigenvalue weighted by atomic mass is 10.2. The number of nitrogens with zero attached hydrogens (tertiary/aromatic N) is 1. The van der Waals surface area contributed by atoms with E-state index in [0.29, 0.717) is 12.5 Å². The van der Waals surface area contributed by atoms with Crippen LogP contribution in [-0.2, 0) is 10.1 Å². The molecule has 1 amide bonds. The predicted molar refractivity (Wildman–Crippen MR) is 66.9 cm³/mol. The Balaban J connectivity index is 2.79. The fraction of sp³-hybridized carbons (Fsp3) is 0.455. The van der Waals surface area contributed by atoms with E-state index in [1.165, 1.54) is 18.2 Å². The van der Waals surface area contributed by atoms with Crippen LogP contribution >= 0.6 is 0 Å². The summed E-state index contributed by atoms with van der Waals surface area (Å²) in [6.45, 7) is 4.46. The second-order valence-electron chi connectivity index (χ2n) is 4.25.